The van der Waals surface area contributed by atoms with E-state index in [0.29, 0.717) is 30.8 Å². The van der Waals surface area contributed by atoms with E-state index in [4.69, 9.17) is 10.00 Å². The third kappa shape index (κ3) is 6.06. The number of aryl methyl sites for hydroxylation is 1. The van der Waals surface area contributed by atoms with Crippen LogP contribution in [0.5, 0.6) is 5.75 Å². The average Bonchev–Trinajstić information content (AvgIpc) is 2.92. The van der Waals surface area contributed by atoms with Crippen molar-refractivity contribution in [3.63, 3.8) is 0 Å². The van der Waals surface area contributed by atoms with E-state index < -0.39 is 12.0 Å². The Labute approximate surface area is 217 Å². The molecule has 186 valence electrons. The standard InChI is InChI=1S/C31H29N3O3/c1-22-18-26(21-34-16-6-5-12-29(34)31(35)36)30(37-17-15-32)19-25(22)14-13-24-10-7-11-27(28(24)20-33)23-8-3-2-4-9-23/h2-4,7-11,13-14,18-19,29H,5-6,12,16-17,21H2,1H3,(H,35,36)/b14-13+/t29-/m0/s1. The molecule has 6 nitrogen and oxygen atoms in total. The lowest BCUT2D eigenvalue weighted by atomic mass is 9.95. The summed E-state index contributed by atoms with van der Waals surface area (Å²) < 4.78 is 5.77. The summed E-state index contributed by atoms with van der Waals surface area (Å²) in [5.41, 5.74) is 6.04. The van der Waals surface area contributed by atoms with E-state index >= 15 is 0 Å². The Kier molecular flexibility index (Phi) is 8.36. The van der Waals surface area contributed by atoms with Crippen molar-refractivity contribution in [2.45, 2.75) is 38.8 Å². The number of carboxylic acids is 1. The van der Waals surface area contributed by atoms with E-state index in [1.54, 1.807) is 0 Å². The summed E-state index contributed by atoms with van der Waals surface area (Å²) in [5, 5.41) is 28.7. The molecule has 1 saturated heterocycles. The van der Waals surface area contributed by atoms with Crippen LogP contribution in [-0.2, 0) is 11.3 Å². The molecule has 0 spiro atoms. The number of ether oxygens (including phenoxy) is 1. The molecule has 1 fully saturated rings. The van der Waals surface area contributed by atoms with Gasteiger partial charge >= 0.3 is 5.97 Å². The first-order valence-electron chi connectivity index (χ1n) is 12.4. The van der Waals surface area contributed by atoms with E-state index in [1.807, 2.05) is 90.7 Å². The van der Waals surface area contributed by atoms with E-state index in [9.17, 15) is 15.2 Å². The van der Waals surface area contributed by atoms with Gasteiger partial charge in [-0.15, -0.1) is 0 Å². The van der Waals surface area contributed by atoms with E-state index in [0.717, 1.165) is 46.2 Å². The first-order valence-corrected chi connectivity index (χ1v) is 12.4. The Morgan fingerprint density at radius 3 is 2.59 bits per heavy atom. The fourth-order valence-electron chi connectivity index (χ4n) is 4.86. The zero-order valence-electron chi connectivity index (χ0n) is 20.9. The third-order valence-corrected chi connectivity index (χ3v) is 6.75. The third-order valence-electron chi connectivity index (χ3n) is 6.75. The number of benzene rings is 3. The highest BCUT2D eigenvalue weighted by Gasteiger charge is 2.29. The zero-order valence-corrected chi connectivity index (χ0v) is 20.9. The van der Waals surface area contributed by atoms with Gasteiger partial charge in [0.25, 0.3) is 0 Å². The van der Waals surface area contributed by atoms with Gasteiger partial charge in [-0.25, -0.2) is 0 Å². The Bertz CT molecular complexity index is 1380. The first kappa shape index (κ1) is 25.7. The summed E-state index contributed by atoms with van der Waals surface area (Å²) in [5.74, 6) is -0.235. The normalized spacial score (nSPS) is 15.7. The molecule has 0 aromatic heterocycles. The number of hydrogen-bond donors (Lipinski definition) is 1. The van der Waals surface area contributed by atoms with Crippen molar-refractivity contribution in [2.75, 3.05) is 13.2 Å². The van der Waals surface area contributed by atoms with Crippen LogP contribution in [0, 0.1) is 29.6 Å². The molecule has 6 heteroatoms. The minimum Gasteiger partial charge on any atom is -0.480 e. The average molecular weight is 492 g/mol. The summed E-state index contributed by atoms with van der Waals surface area (Å²) in [6.45, 7) is 3.05. The van der Waals surface area contributed by atoms with Crippen molar-refractivity contribution in [3.8, 4) is 29.0 Å². The van der Waals surface area contributed by atoms with Gasteiger partial charge in [-0.1, -0.05) is 73.2 Å². The summed E-state index contributed by atoms with van der Waals surface area (Å²) in [6.07, 6.45) is 6.37. The van der Waals surface area contributed by atoms with Crippen molar-refractivity contribution < 1.29 is 14.6 Å². The largest absolute Gasteiger partial charge is 0.480 e. The summed E-state index contributed by atoms with van der Waals surface area (Å²) in [4.78, 5) is 13.7. The van der Waals surface area contributed by atoms with Crippen LogP contribution in [0.15, 0.2) is 60.7 Å². The van der Waals surface area contributed by atoms with Gasteiger partial charge in [0, 0.05) is 17.7 Å². The number of rotatable bonds is 8. The predicted molar refractivity (Wildman–Crippen MR) is 143 cm³/mol. The molecule has 4 rings (SSSR count). The number of nitriles is 2. The molecule has 1 aliphatic heterocycles. The number of likely N-dealkylation sites (tertiary alicyclic amines) is 1. The molecule has 0 bridgehead atoms. The van der Waals surface area contributed by atoms with Crippen LogP contribution >= 0.6 is 0 Å². The second-order valence-electron chi connectivity index (χ2n) is 9.16. The molecule has 1 atom stereocenters. The van der Waals surface area contributed by atoms with Crippen molar-refractivity contribution >= 4 is 18.1 Å². The number of carbonyl (C=O) groups is 1. The minimum absolute atomic E-state index is 0.0979. The molecule has 1 aliphatic rings. The predicted octanol–water partition coefficient (Wildman–Crippen LogP) is 6.05. The van der Waals surface area contributed by atoms with Crippen molar-refractivity contribution in [1.82, 2.24) is 4.90 Å². The minimum atomic E-state index is -0.804. The Morgan fingerprint density at radius 2 is 1.86 bits per heavy atom. The molecular weight excluding hydrogens is 462 g/mol. The Morgan fingerprint density at radius 1 is 1.08 bits per heavy atom. The van der Waals surface area contributed by atoms with Crippen LogP contribution < -0.4 is 4.74 Å². The van der Waals surface area contributed by atoms with Crippen molar-refractivity contribution in [2.24, 2.45) is 0 Å². The molecule has 0 unspecified atom stereocenters. The molecular formula is C31H29N3O3. The molecule has 1 N–H and O–H groups in total. The number of hydrogen-bond acceptors (Lipinski definition) is 5. The molecule has 37 heavy (non-hydrogen) atoms. The fraction of sp³-hybridized carbons (Fsp3) is 0.258. The lowest BCUT2D eigenvalue weighted by Gasteiger charge is -2.33. The number of piperidine rings is 1. The summed E-state index contributed by atoms with van der Waals surface area (Å²) >= 11 is 0. The monoisotopic (exact) mass is 491 g/mol. The van der Waals surface area contributed by atoms with Gasteiger partial charge in [-0.2, -0.15) is 10.5 Å². The van der Waals surface area contributed by atoms with Crippen LogP contribution in [0.4, 0.5) is 0 Å². The SMILES string of the molecule is Cc1cc(CN2CCCC[C@H]2C(=O)O)c(OCC#N)cc1/C=C/c1cccc(-c2ccccc2)c1C#N. The Hall–Kier alpha value is -4.39. The van der Waals surface area contributed by atoms with Gasteiger partial charge in [0.05, 0.1) is 5.56 Å². The van der Waals surface area contributed by atoms with Crippen molar-refractivity contribution in [1.29, 1.82) is 10.5 Å². The number of aliphatic carboxylic acids is 1. The molecule has 0 amide bonds. The molecule has 3 aromatic rings. The van der Waals surface area contributed by atoms with Crippen LogP contribution in [0.1, 0.15) is 47.1 Å². The van der Waals surface area contributed by atoms with Gasteiger partial charge in [-0.05, 0) is 54.6 Å². The lowest BCUT2D eigenvalue weighted by Crippen LogP contribution is -2.44. The highest BCUT2D eigenvalue weighted by molar-refractivity contribution is 5.81. The summed E-state index contributed by atoms with van der Waals surface area (Å²) in [6, 6.07) is 23.4. The molecule has 3 aromatic carbocycles. The van der Waals surface area contributed by atoms with E-state index in [2.05, 4.69) is 6.07 Å². The van der Waals surface area contributed by atoms with Crippen LogP contribution in [-0.4, -0.2) is 35.2 Å². The van der Waals surface area contributed by atoms with Crippen LogP contribution in [0.25, 0.3) is 23.3 Å². The molecule has 0 aliphatic carbocycles. The zero-order chi connectivity index (χ0) is 26.2. The first-order chi connectivity index (χ1) is 18.0. The quantitative estimate of drug-likeness (QED) is 0.386. The maximum atomic E-state index is 11.8. The van der Waals surface area contributed by atoms with E-state index in [1.165, 1.54) is 0 Å². The number of nitrogens with zero attached hydrogens (tertiary/aromatic N) is 3. The molecule has 1 heterocycles. The highest BCUT2D eigenvalue weighted by atomic mass is 16.5. The van der Waals surface area contributed by atoms with Gasteiger partial charge in [-0.3, -0.25) is 9.69 Å². The molecule has 0 saturated carbocycles. The second kappa shape index (κ2) is 12.0. The van der Waals surface area contributed by atoms with Crippen LogP contribution in [0.3, 0.4) is 0 Å². The Balaban J connectivity index is 1.66. The number of carboxylic acid groups (broad SMARTS) is 1. The summed E-state index contributed by atoms with van der Waals surface area (Å²) in [7, 11) is 0. The van der Waals surface area contributed by atoms with E-state index in [-0.39, 0.29) is 6.61 Å². The van der Waals surface area contributed by atoms with Crippen LogP contribution in [0.2, 0.25) is 0 Å². The van der Waals surface area contributed by atoms with Gasteiger partial charge < -0.3 is 9.84 Å². The maximum absolute atomic E-state index is 11.8. The highest BCUT2D eigenvalue weighted by Crippen LogP contribution is 2.30. The second-order valence-corrected chi connectivity index (χ2v) is 9.16. The maximum Gasteiger partial charge on any atom is 0.320 e. The van der Waals surface area contributed by atoms with Crippen molar-refractivity contribution in [3.05, 3.63) is 88.5 Å². The molecule has 0 radical (unpaired) electrons. The fourth-order valence-corrected chi connectivity index (χ4v) is 4.86. The van der Waals surface area contributed by atoms with Gasteiger partial charge in [0.1, 0.15) is 23.9 Å². The smallest absolute Gasteiger partial charge is 0.320 e. The van der Waals surface area contributed by atoms with Gasteiger partial charge in [0.2, 0.25) is 0 Å². The van der Waals surface area contributed by atoms with Gasteiger partial charge in [0.15, 0.2) is 6.61 Å². The lowest BCUT2D eigenvalue weighted by molar-refractivity contribution is -0.144. The topological polar surface area (TPSA) is 97.3 Å².